The molecule has 1 aliphatic heterocycles. The topological polar surface area (TPSA) is 85.5 Å². The standard InChI is InChI=1S/C18H21N5O3/c1-24-14-5-3-2-4-13(14)16-15-17(20-12-21-18(15)26-22-16)19-6-7-23-8-10-25-11-9-23/h2-5,12H,6-11H2,1H3,(H,19,20,21). The molecule has 1 saturated heterocycles. The fourth-order valence-electron chi connectivity index (χ4n) is 3.10. The molecule has 1 N–H and O–H groups in total. The van der Waals surface area contributed by atoms with Crippen LogP contribution in [0.25, 0.3) is 22.4 Å². The van der Waals surface area contributed by atoms with E-state index >= 15 is 0 Å². The second-order valence-electron chi connectivity index (χ2n) is 6.01. The minimum Gasteiger partial charge on any atom is -0.496 e. The zero-order chi connectivity index (χ0) is 17.8. The lowest BCUT2D eigenvalue weighted by atomic mass is 10.1. The first-order chi connectivity index (χ1) is 12.9. The van der Waals surface area contributed by atoms with Gasteiger partial charge < -0.3 is 19.3 Å². The number of fused-ring (bicyclic) bond motifs is 1. The van der Waals surface area contributed by atoms with E-state index in [0.717, 1.165) is 56.1 Å². The monoisotopic (exact) mass is 355 g/mol. The van der Waals surface area contributed by atoms with E-state index in [4.69, 9.17) is 14.0 Å². The van der Waals surface area contributed by atoms with Crippen LogP contribution in [0.5, 0.6) is 5.75 Å². The third-order valence-corrected chi connectivity index (χ3v) is 4.46. The molecule has 8 heteroatoms. The Balaban J connectivity index is 1.60. The zero-order valence-corrected chi connectivity index (χ0v) is 14.6. The van der Waals surface area contributed by atoms with E-state index in [1.54, 1.807) is 7.11 Å². The second-order valence-corrected chi connectivity index (χ2v) is 6.01. The Bertz CT molecular complexity index is 876. The predicted octanol–water partition coefficient (Wildman–Crippen LogP) is 2.04. The summed E-state index contributed by atoms with van der Waals surface area (Å²) in [4.78, 5) is 11.0. The summed E-state index contributed by atoms with van der Waals surface area (Å²) in [5.41, 5.74) is 1.97. The summed E-state index contributed by atoms with van der Waals surface area (Å²) in [5.74, 6) is 1.44. The molecule has 0 amide bonds. The molecule has 0 unspecified atom stereocenters. The maximum absolute atomic E-state index is 5.46. The number of aromatic nitrogens is 3. The highest BCUT2D eigenvalue weighted by Crippen LogP contribution is 2.36. The zero-order valence-electron chi connectivity index (χ0n) is 14.6. The number of rotatable bonds is 6. The van der Waals surface area contributed by atoms with Crippen LogP contribution in [0.1, 0.15) is 0 Å². The quantitative estimate of drug-likeness (QED) is 0.719. The number of para-hydroxylation sites is 1. The van der Waals surface area contributed by atoms with Gasteiger partial charge in [-0.15, -0.1) is 0 Å². The van der Waals surface area contributed by atoms with Crippen molar-refractivity contribution >= 4 is 16.9 Å². The van der Waals surface area contributed by atoms with Crippen LogP contribution < -0.4 is 10.1 Å². The molecular weight excluding hydrogens is 334 g/mol. The number of benzene rings is 1. The van der Waals surface area contributed by atoms with Gasteiger partial charge >= 0.3 is 0 Å². The van der Waals surface area contributed by atoms with Gasteiger partial charge in [0.05, 0.1) is 20.3 Å². The SMILES string of the molecule is COc1ccccc1-c1noc2ncnc(NCCN3CCOCC3)c12. The van der Waals surface area contributed by atoms with Gasteiger partial charge in [0, 0.05) is 31.7 Å². The van der Waals surface area contributed by atoms with E-state index in [9.17, 15) is 0 Å². The van der Waals surface area contributed by atoms with Crippen molar-refractivity contribution < 1.29 is 14.0 Å². The van der Waals surface area contributed by atoms with Crippen LogP contribution >= 0.6 is 0 Å². The Labute approximate surface area is 151 Å². The number of nitrogens with zero attached hydrogens (tertiary/aromatic N) is 4. The first kappa shape index (κ1) is 16.7. The minimum atomic E-state index is 0.453. The number of ether oxygens (including phenoxy) is 2. The largest absolute Gasteiger partial charge is 0.496 e. The van der Waals surface area contributed by atoms with Gasteiger partial charge in [0.1, 0.15) is 29.0 Å². The molecule has 0 aliphatic carbocycles. The lowest BCUT2D eigenvalue weighted by Gasteiger charge is -2.26. The van der Waals surface area contributed by atoms with E-state index in [1.165, 1.54) is 6.33 Å². The molecule has 0 saturated carbocycles. The third-order valence-electron chi connectivity index (χ3n) is 4.46. The maximum Gasteiger partial charge on any atom is 0.263 e. The normalized spacial score (nSPS) is 15.3. The van der Waals surface area contributed by atoms with Gasteiger partial charge in [0.2, 0.25) is 0 Å². The van der Waals surface area contributed by atoms with E-state index in [1.807, 2.05) is 24.3 Å². The molecule has 2 aromatic heterocycles. The van der Waals surface area contributed by atoms with Crippen molar-refractivity contribution in [2.24, 2.45) is 0 Å². The van der Waals surface area contributed by atoms with Crippen LogP contribution in [0.2, 0.25) is 0 Å². The van der Waals surface area contributed by atoms with Crippen molar-refractivity contribution in [1.29, 1.82) is 0 Å². The van der Waals surface area contributed by atoms with E-state index < -0.39 is 0 Å². The van der Waals surface area contributed by atoms with Gasteiger partial charge in [-0.1, -0.05) is 17.3 Å². The Hall–Kier alpha value is -2.71. The first-order valence-corrected chi connectivity index (χ1v) is 8.64. The number of hydrogen-bond donors (Lipinski definition) is 1. The number of methoxy groups -OCH3 is 1. The molecule has 4 rings (SSSR count). The van der Waals surface area contributed by atoms with E-state index in [-0.39, 0.29) is 0 Å². The molecule has 8 nitrogen and oxygen atoms in total. The molecule has 3 heterocycles. The van der Waals surface area contributed by atoms with Gasteiger partial charge in [-0.05, 0) is 12.1 Å². The predicted molar refractivity (Wildman–Crippen MR) is 97.3 cm³/mol. The van der Waals surface area contributed by atoms with E-state index in [2.05, 4.69) is 25.3 Å². The van der Waals surface area contributed by atoms with Crippen molar-refractivity contribution in [1.82, 2.24) is 20.0 Å². The van der Waals surface area contributed by atoms with Crippen LogP contribution in [0.3, 0.4) is 0 Å². The summed E-state index contributed by atoms with van der Waals surface area (Å²) < 4.78 is 16.3. The molecule has 136 valence electrons. The van der Waals surface area contributed by atoms with Crippen molar-refractivity contribution in [2.75, 3.05) is 51.8 Å². The molecule has 1 aromatic carbocycles. The summed E-state index contributed by atoms with van der Waals surface area (Å²) >= 11 is 0. The lowest BCUT2D eigenvalue weighted by Crippen LogP contribution is -2.39. The second kappa shape index (κ2) is 7.67. The summed E-state index contributed by atoms with van der Waals surface area (Å²) in [5, 5.41) is 8.37. The number of morpholine rings is 1. The van der Waals surface area contributed by atoms with Gasteiger partial charge in [0.15, 0.2) is 0 Å². The molecule has 0 bridgehead atoms. The van der Waals surface area contributed by atoms with Crippen LogP contribution in [0.4, 0.5) is 5.82 Å². The summed E-state index contributed by atoms with van der Waals surface area (Å²) in [6.45, 7) is 5.19. The number of hydrogen-bond acceptors (Lipinski definition) is 8. The molecule has 0 radical (unpaired) electrons. The van der Waals surface area contributed by atoms with Gasteiger partial charge in [-0.3, -0.25) is 4.90 Å². The average molecular weight is 355 g/mol. The Morgan fingerprint density at radius 1 is 1.19 bits per heavy atom. The van der Waals surface area contributed by atoms with Crippen LogP contribution in [-0.4, -0.2) is 66.5 Å². The molecule has 0 atom stereocenters. The Morgan fingerprint density at radius 2 is 2.04 bits per heavy atom. The Kier molecular flexibility index (Phi) is 4.94. The van der Waals surface area contributed by atoms with Gasteiger partial charge in [-0.25, -0.2) is 4.98 Å². The fourth-order valence-corrected chi connectivity index (χ4v) is 3.10. The highest BCUT2D eigenvalue weighted by Gasteiger charge is 2.19. The lowest BCUT2D eigenvalue weighted by molar-refractivity contribution is 0.0398. The minimum absolute atomic E-state index is 0.453. The molecule has 26 heavy (non-hydrogen) atoms. The Morgan fingerprint density at radius 3 is 2.88 bits per heavy atom. The van der Waals surface area contributed by atoms with Crippen LogP contribution in [0.15, 0.2) is 35.1 Å². The van der Waals surface area contributed by atoms with Gasteiger partial charge in [-0.2, -0.15) is 4.98 Å². The first-order valence-electron chi connectivity index (χ1n) is 8.64. The van der Waals surface area contributed by atoms with Crippen molar-refractivity contribution in [2.45, 2.75) is 0 Å². The van der Waals surface area contributed by atoms with E-state index in [0.29, 0.717) is 17.2 Å². The fraction of sp³-hybridized carbons (Fsp3) is 0.389. The average Bonchev–Trinajstić information content (AvgIpc) is 3.13. The maximum atomic E-state index is 5.46. The summed E-state index contributed by atoms with van der Waals surface area (Å²) in [7, 11) is 1.64. The third kappa shape index (κ3) is 3.33. The van der Waals surface area contributed by atoms with Crippen LogP contribution in [0, 0.1) is 0 Å². The van der Waals surface area contributed by atoms with Crippen molar-refractivity contribution in [3.8, 4) is 17.0 Å². The number of nitrogens with one attached hydrogen (secondary N) is 1. The highest BCUT2D eigenvalue weighted by atomic mass is 16.5. The van der Waals surface area contributed by atoms with Crippen LogP contribution in [-0.2, 0) is 4.74 Å². The molecular formula is C18H21N5O3. The number of anilines is 1. The molecule has 0 spiro atoms. The summed E-state index contributed by atoms with van der Waals surface area (Å²) in [6, 6.07) is 7.70. The van der Waals surface area contributed by atoms with Gasteiger partial charge in [0.25, 0.3) is 5.71 Å². The molecule has 3 aromatic rings. The molecule has 1 fully saturated rings. The highest BCUT2D eigenvalue weighted by molar-refractivity contribution is 5.98. The van der Waals surface area contributed by atoms with Crippen molar-refractivity contribution in [3.63, 3.8) is 0 Å². The summed E-state index contributed by atoms with van der Waals surface area (Å²) in [6.07, 6.45) is 1.48. The molecule has 1 aliphatic rings. The smallest absolute Gasteiger partial charge is 0.263 e. The van der Waals surface area contributed by atoms with Crippen molar-refractivity contribution in [3.05, 3.63) is 30.6 Å².